The second-order valence-electron chi connectivity index (χ2n) is 10.00. The second-order valence-corrected chi connectivity index (χ2v) is 10.00. The van der Waals surface area contributed by atoms with Crippen molar-refractivity contribution in [2.45, 2.75) is 78.6 Å². The smallest absolute Gasteiger partial charge is 0.311 e. The summed E-state index contributed by atoms with van der Waals surface area (Å²) in [6.45, 7) is 7.25. The van der Waals surface area contributed by atoms with Crippen LogP contribution in [-0.4, -0.2) is 13.1 Å². The average Bonchev–Trinajstić information content (AvgIpc) is 2.75. The van der Waals surface area contributed by atoms with Crippen LogP contribution in [0.15, 0.2) is 0 Å². The van der Waals surface area contributed by atoms with E-state index in [2.05, 4.69) is 20.8 Å². The zero-order valence-corrected chi connectivity index (χ0v) is 15.5. The van der Waals surface area contributed by atoms with Crippen LogP contribution in [0.1, 0.15) is 78.6 Å². The van der Waals surface area contributed by atoms with Gasteiger partial charge >= 0.3 is 5.97 Å². The first-order valence-electron chi connectivity index (χ1n) is 9.94. The molecule has 0 amide bonds. The molecule has 0 aromatic rings. The first-order chi connectivity index (χ1) is 10.9. The topological polar surface area (TPSA) is 26.3 Å². The van der Waals surface area contributed by atoms with Crippen LogP contribution in [0.2, 0.25) is 0 Å². The molecule has 4 fully saturated rings. The molecule has 0 aromatic heterocycles. The van der Waals surface area contributed by atoms with Crippen LogP contribution in [0.4, 0.5) is 0 Å². The maximum atomic E-state index is 12.6. The van der Waals surface area contributed by atoms with Crippen molar-refractivity contribution in [3.63, 3.8) is 0 Å². The zero-order valence-electron chi connectivity index (χ0n) is 15.5. The van der Waals surface area contributed by atoms with Crippen molar-refractivity contribution in [3.05, 3.63) is 0 Å². The lowest BCUT2D eigenvalue weighted by atomic mass is 9.41. The number of ether oxygens (including phenoxy) is 1. The maximum Gasteiger partial charge on any atom is 0.311 e. The molecule has 0 unspecified atom stereocenters. The van der Waals surface area contributed by atoms with Gasteiger partial charge in [-0.2, -0.15) is 0 Å². The fourth-order valence-electron chi connectivity index (χ4n) is 8.27. The van der Waals surface area contributed by atoms with Crippen molar-refractivity contribution >= 4 is 5.97 Å². The Labute approximate surface area is 141 Å². The van der Waals surface area contributed by atoms with Crippen molar-refractivity contribution in [2.24, 2.45) is 39.9 Å². The van der Waals surface area contributed by atoms with Crippen molar-refractivity contribution in [3.8, 4) is 0 Å². The van der Waals surface area contributed by atoms with E-state index >= 15 is 0 Å². The van der Waals surface area contributed by atoms with Crippen LogP contribution in [-0.2, 0) is 9.53 Å². The van der Waals surface area contributed by atoms with Gasteiger partial charge in [-0.25, -0.2) is 0 Å². The Bertz CT molecular complexity index is 510. The van der Waals surface area contributed by atoms with Gasteiger partial charge in [0.25, 0.3) is 0 Å². The predicted octanol–water partition coefficient (Wildman–Crippen LogP) is 5.21. The fourth-order valence-corrected chi connectivity index (χ4v) is 8.27. The van der Waals surface area contributed by atoms with Crippen LogP contribution in [0.25, 0.3) is 0 Å². The highest BCUT2D eigenvalue weighted by Gasteiger charge is 2.65. The Morgan fingerprint density at radius 1 is 1.00 bits per heavy atom. The van der Waals surface area contributed by atoms with E-state index in [1.807, 2.05) is 0 Å². The average molecular weight is 319 g/mol. The summed E-state index contributed by atoms with van der Waals surface area (Å²) >= 11 is 0. The lowest BCUT2D eigenvalue weighted by Crippen LogP contribution is -2.58. The molecule has 0 radical (unpaired) electrons. The van der Waals surface area contributed by atoms with Gasteiger partial charge in [0.1, 0.15) is 0 Å². The van der Waals surface area contributed by atoms with E-state index in [-0.39, 0.29) is 11.4 Å². The third-order valence-corrected chi connectivity index (χ3v) is 9.12. The van der Waals surface area contributed by atoms with E-state index in [1.165, 1.54) is 51.4 Å². The third-order valence-electron chi connectivity index (χ3n) is 9.12. The van der Waals surface area contributed by atoms with E-state index in [0.29, 0.717) is 16.7 Å². The minimum atomic E-state index is -0.246. The molecule has 4 aliphatic rings. The lowest BCUT2D eigenvalue weighted by molar-refractivity contribution is -0.183. The maximum absolute atomic E-state index is 12.6. The van der Waals surface area contributed by atoms with Crippen molar-refractivity contribution in [1.82, 2.24) is 0 Å². The predicted molar refractivity (Wildman–Crippen MR) is 91.9 cm³/mol. The van der Waals surface area contributed by atoms with E-state index < -0.39 is 0 Å². The molecule has 4 rings (SSSR count). The molecule has 4 saturated carbocycles. The van der Waals surface area contributed by atoms with Crippen molar-refractivity contribution in [1.29, 1.82) is 0 Å². The summed E-state index contributed by atoms with van der Waals surface area (Å²) in [5.74, 6) is 3.34. The molecule has 23 heavy (non-hydrogen) atoms. The number of esters is 1. The molecule has 0 N–H and O–H groups in total. The second kappa shape index (κ2) is 4.99. The van der Waals surface area contributed by atoms with Crippen molar-refractivity contribution in [2.75, 3.05) is 7.11 Å². The van der Waals surface area contributed by atoms with Gasteiger partial charge in [0, 0.05) is 0 Å². The first kappa shape index (κ1) is 16.0. The quantitative estimate of drug-likeness (QED) is 0.620. The van der Waals surface area contributed by atoms with E-state index in [4.69, 9.17) is 4.74 Å². The number of carbonyl (C=O) groups is 1. The minimum Gasteiger partial charge on any atom is -0.469 e. The summed E-state index contributed by atoms with van der Waals surface area (Å²) in [5, 5.41) is 0. The Morgan fingerprint density at radius 2 is 1.78 bits per heavy atom. The number of methoxy groups -OCH3 is 1. The number of carbonyl (C=O) groups excluding carboxylic acids is 1. The summed E-state index contributed by atoms with van der Waals surface area (Å²) in [5.41, 5.74) is 0.723. The summed E-state index contributed by atoms with van der Waals surface area (Å²) < 4.78 is 5.26. The Balaban J connectivity index is 1.72. The molecule has 7 atom stereocenters. The summed E-state index contributed by atoms with van der Waals surface area (Å²) in [6, 6.07) is 0. The molecule has 2 bridgehead atoms. The summed E-state index contributed by atoms with van der Waals surface area (Å²) in [6.07, 6.45) is 12.0. The van der Waals surface area contributed by atoms with Crippen LogP contribution < -0.4 is 0 Å². The van der Waals surface area contributed by atoms with Gasteiger partial charge in [0.2, 0.25) is 0 Å². The Morgan fingerprint density at radius 3 is 2.52 bits per heavy atom. The highest BCUT2D eigenvalue weighted by Crippen LogP contribution is 2.72. The van der Waals surface area contributed by atoms with Gasteiger partial charge in [0.05, 0.1) is 12.5 Å². The lowest BCUT2D eigenvalue weighted by Gasteiger charge is -2.63. The summed E-state index contributed by atoms with van der Waals surface area (Å²) in [7, 11) is 1.58. The third kappa shape index (κ3) is 1.96. The first-order valence-corrected chi connectivity index (χ1v) is 9.94. The van der Waals surface area contributed by atoms with E-state index in [9.17, 15) is 4.79 Å². The number of rotatable bonds is 1. The van der Waals surface area contributed by atoms with Gasteiger partial charge in [-0.1, -0.05) is 20.3 Å². The molecular weight excluding hydrogens is 284 g/mol. The molecule has 4 aliphatic carbocycles. The van der Waals surface area contributed by atoms with Gasteiger partial charge in [-0.05, 0) is 92.8 Å². The van der Waals surface area contributed by atoms with Crippen molar-refractivity contribution < 1.29 is 9.53 Å². The normalized spacial score (nSPS) is 55.0. The largest absolute Gasteiger partial charge is 0.469 e. The molecular formula is C21H34O2. The molecule has 1 spiro atoms. The van der Waals surface area contributed by atoms with Crippen LogP contribution in [0, 0.1) is 39.9 Å². The highest BCUT2D eigenvalue weighted by molar-refractivity contribution is 5.77. The van der Waals surface area contributed by atoms with Gasteiger partial charge in [0.15, 0.2) is 0 Å². The number of hydrogen-bond acceptors (Lipinski definition) is 2. The van der Waals surface area contributed by atoms with Gasteiger partial charge in [-0.3, -0.25) is 4.79 Å². The summed E-state index contributed by atoms with van der Waals surface area (Å²) in [4.78, 5) is 12.6. The highest BCUT2D eigenvalue weighted by atomic mass is 16.5. The van der Waals surface area contributed by atoms with Crippen LogP contribution >= 0.6 is 0 Å². The van der Waals surface area contributed by atoms with Gasteiger partial charge < -0.3 is 4.74 Å². The minimum absolute atomic E-state index is 0.0536. The molecule has 0 aliphatic heterocycles. The molecule has 0 saturated heterocycles. The van der Waals surface area contributed by atoms with E-state index in [0.717, 1.165) is 24.2 Å². The Hall–Kier alpha value is -0.530. The molecule has 2 heteroatoms. The number of fused-ring (bicyclic) bond motifs is 3. The molecule has 130 valence electrons. The Kier molecular flexibility index (Phi) is 3.46. The SMILES string of the molecule is COC(=O)[C@]1(C)CCC[C@@]2(C)[C@@H]3CC[C@@H]4C[C@@]3(CC[C@@H]21)C[C@H]4C. The van der Waals surface area contributed by atoms with Crippen LogP contribution in [0.3, 0.4) is 0 Å². The zero-order chi connectivity index (χ0) is 16.5. The van der Waals surface area contributed by atoms with E-state index in [1.54, 1.807) is 7.11 Å². The standard InChI is InChI=1S/C21H34O2/c1-14-12-21-11-8-16-19(2,17(21)7-6-15(14)13-21)9-5-10-20(16,3)18(22)23-4/h14-17H,5-13H2,1-4H3/t14-,15-,16+,17+,19-,20-,21-/m1/s1. The molecule has 0 aromatic carbocycles. The van der Waals surface area contributed by atoms with Crippen LogP contribution in [0.5, 0.6) is 0 Å². The monoisotopic (exact) mass is 318 g/mol. The fraction of sp³-hybridized carbons (Fsp3) is 0.952. The molecule has 2 nitrogen and oxygen atoms in total. The number of hydrogen-bond donors (Lipinski definition) is 0. The molecule has 0 heterocycles. The van der Waals surface area contributed by atoms with Gasteiger partial charge in [-0.15, -0.1) is 0 Å².